The molecule has 1 aromatic carbocycles. The quantitative estimate of drug-likeness (QED) is 0.851. The molecule has 2 rings (SSSR count). The minimum absolute atomic E-state index is 0.809. The van der Waals surface area contributed by atoms with Crippen LogP contribution in [0.2, 0.25) is 0 Å². The van der Waals surface area contributed by atoms with Crippen molar-refractivity contribution in [2.24, 2.45) is 0 Å². The molecule has 2 aromatic rings. The van der Waals surface area contributed by atoms with Crippen LogP contribution in [0.1, 0.15) is 29.4 Å². The van der Waals surface area contributed by atoms with Gasteiger partial charge in [-0.3, -0.25) is 0 Å². The van der Waals surface area contributed by atoms with E-state index in [2.05, 4.69) is 45.1 Å². The maximum Gasteiger partial charge on any atom is 0.137 e. The lowest BCUT2D eigenvalue weighted by Gasteiger charge is -2.02. The summed E-state index contributed by atoms with van der Waals surface area (Å²) in [5.74, 6) is 1.02. The summed E-state index contributed by atoms with van der Waals surface area (Å²) >= 11 is 0. The van der Waals surface area contributed by atoms with Crippen LogP contribution in [0.4, 0.5) is 0 Å². The number of aryl methyl sites for hydroxylation is 3. The van der Waals surface area contributed by atoms with Crippen molar-refractivity contribution in [2.45, 2.75) is 34.2 Å². The minimum Gasteiger partial charge on any atom is -0.459 e. The molecule has 0 fully saturated rings. The fourth-order valence-electron chi connectivity index (χ4n) is 2.04. The Morgan fingerprint density at radius 2 is 1.88 bits per heavy atom. The Labute approximate surface area is 96.6 Å². The van der Waals surface area contributed by atoms with E-state index in [4.69, 9.17) is 4.42 Å². The smallest absolute Gasteiger partial charge is 0.137 e. The van der Waals surface area contributed by atoms with E-state index >= 15 is 0 Å². The van der Waals surface area contributed by atoms with Crippen LogP contribution in [0.5, 0.6) is 0 Å². The Balaban J connectivity index is 2.52. The standard InChI is InChI=1S/C14H19NO/c1-5-15-8-12-7-13-10(3)6-9(2)11(4)14(13)16-12/h6-7,15H,5,8H2,1-4H3. The van der Waals surface area contributed by atoms with Crippen LogP contribution in [-0.2, 0) is 6.54 Å². The number of nitrogens with one attached hydrogen (secondary N) is 1. The average Bonchev–Trinajstić information content (AvgIpc) is 2.68. The summed E-state index contributed by atoms with van der Waals surface area (Å²) in [5, 5.41) is 4.53. The molecule has 2 heteroatoms. The maximum absolute atomic E-state index is 5.90. The van der Waals surface area contributed by atoms with E-state index in [9.17, 15) is 0 Å². The summed E-state index contributed by atoms with van der Waals surface area (Å²) in [5.41, 5.74) is 4.90. The number of benzene rings is 1. The molecule has 86 valence electrons. The van der Waals surface area contributed by atoms with E-state index in [-0.39, 0.29) is 0 Å². The fourth-order valence-corrected chi connectivity index (χ4v) is 2.04. The molecule has 0 spiro atoms. The largest absolute Gasteiger partial charge is 0.459 e. The van der Waals surface area contributed by atoms with Gasteiger partial charge in [-0.05, 0) is 50.1 Å². The van der Waals surface area contributed by atoms with Crippen LogP contribution in [0.25, 0.3) is 11.0 Å². The van der Waals surface area contributed by atoms with Gasteiger partial charge in [-0.2, -0.15) is 0 Å². The highest BCUT2D eigenvalue weighted by Crippen LogP contribution is 2.28. The Morgan fingerprint density at radius 1 is 1.12 bits per heavy atom. The molecule has 0 aliphatic heterocycles. The topological polar surface area (TPSA) is 25.2 Å². The monoisotopic (exact) mass is 217 g/mol. The van der Waals surface area contributed by atoms with Crippen molar-refractivity contribution in [2.75, 3.05) is 6.54 Å². The van der Waals surface area contributed by atoms with Crippen molar-refractivity contribution < 1.29 is 4.42 Å². The van der Waals surface area contributed by atoms with Gasteiger partial charge in [-0.1, -0.05) is 13.0 Å². The van der Waals surface area contributed by atoms with Crippen LogP contribution in [0.3, 0.4) is 0 Å². The second-order valence-corrected chi connectivity index (χ2v) is 4.37. The molecule has 0 amide bonds. The summed E-state index contributed by atoms with van der Waals surface area (Å²) in [7, 11) is 0. The summed E-state index contributed by atoms with van der Waals surface area (Å²) in [6, 6.07) is 4.38. The predicted octanol–water partition coefficient (Wildman–Crippen LogP) is 3.47. The Kier molecular flexibility index (Phi) is 3.01. The highest BCUT2D eigenvalue weighted by molar-refractivity contribution is 5.85. The number of hydrogen-bond acceptors (Lipinski definition) is 2. The molecule has 0 atom stereocenters. The summed E-state index contributed by atoms with van der Waals surface area (Å²) in [6.45, 7) is 10.3. The normalized spacial score (nSPS) is 11.2. The maximum atomic E-state index is 5.90. The first-order valence-electron chi connectivity index (χ1n) is 5.83. The molecule has 2 nitrogen and oxygen atoms in total. The lowest BCUT2D eigenvalue weighted by molar-refractivity contribution is 0.518. The Hall–Kier alpha value is -1.28. The molecule has 0 radical (unpaired) electrons. The van der Waals surface area contributed by atoms with Gasteiger partial charge in [0.25, 0.3) is 0 Å². The molecule has 0 bridgehead atoms. The molecule has 0 saturated carbocycles. The van der Waals surface area contributed by atoms with E-state index < -0.39 is 0 Å². The second kappa shape index (κ2) is 4.30. The zero-order chi connectivity index (χ0) is 11.7. The van der Waals surface area contributed by atoms with Crippen molar-refractivity contribution in [1.29, 1.82) is 0 Å². The van der Waals surface area contributed by atoms with Crippen LogP contribution in [0, 0.1) is 20.8 Å². The van der Waals surface area contributed by atoms with Crippen molar-refractivity contribution >= 4 is 11.0 Å². The van der Waals surface area contributed by atoms with Crippen LogP contribution in [-0.4, -0.2) is 6.54 Å². The molecule has 0 unspecified atom stereocenters. The first-order valence-corrected chi connectivity index (χ1v) is 5.83. The number of fused-ring (bicyclic) bond motifs is 1. The third-order valence-electron chi connectivity index (χ3n) is 3.12. The van der Waals surface area contributed by atoms with E-state index in [0.717, 1.165) is 24.4 Å². The van der Waals surface area contributed by atoms with Crippen molar-refractivity contribution in [3.63, 3.8) is 0 Å². The fraction of sp³-hybridized carbons (Fsp3) is 0.429. The molecule has 1 aromatic heterocycles. The average molecular weight is 217 g/mol. The van der Waals surface area contributed by atoms with Crippen molar-refractivity contribution in [3.05, 3.63) is 34.6 Å². The highest BCUT2D eigenvalue weighted by Gasteiger charge is 2.10. The molecular weight excluding hydrogens is 198 g/mol. The first kappa shape index (κ1) is 11.2. The zero-order valence-corrected chi connectivity index (χ0v) is 10.5. The van der Waals surface area contributed by atoms with Crippen LogP contribution < -0.4 is 5.32 Å². The van der Waals surface area contributed by atoms with Gasteiger partial charge in [0.1, 0.15) is 11.3 Å². The SMILES string of the molecule is CCNCc1cc2c(C)cc(C)c(C)c2o1. The van der Waals surface area contributed by atoms with Crippen molar-refractivity contribution in [3.8, 4) is 0 Å². The first-order chi connectivity index (χ1) is 7.63. The van der Waals surface area contributed by atoms with Gasteiger partial charge in [0.15, 0.2) is 0 Å². The van der Waals surface area contributed by atoms with E-state index in [0.29, 0.717) is 0 Å². The van der Waals surface area contributed by atoms with Gasteiger partial charge in [0.2, 0.25) is 0 Å². The molecule has 0 aliphatic carbocycles. The molecule has 16 heavy (non-hydrogen) atoms. The molecule has 0 saturated heterocycles. The third-order valence-corrected chi connectivity index (χ3v) is 3.12. The minimum atomic E-state index is 0.809. The molecular formula is C14H19NO. The zero-order valence-electron chi connectivity index (χ0n) is 10.5. The highest BCUT2D eigenvalue weighted by atomic mass is 16.3. The summed E-state index contributed by atoms with van der Waals surface area (Å²) in [6.07, 6.45) is 0. The Morgan fingerprint density at radius 3 is 2.56 bits per heavy atom. The number of rotatable bonds is 3. The van der Waals surface area contributed by atoms with Crippen LogP contribution >= 0.6 is 0 Å². The van der Waals surface area contributed by atoms with Crippen LogP contribution in [0.15, 0.2) is 16.5 Å². The Bertz CT molecular complexity index is 511. The van der Waals surface area contributed by atoms with E-state index in [1.165, 1.54) is 22.1 Å². The second-order valence-electron chi connectivity index (χ2n) is 4.37. The predicted molar refractivity (Wildman–Crippen MR) is 67.8 cm³/mol. The van der Waals surface area contributed by atoms with Crippen molar-refractivity contribution in [1.82, 2.24) is 5.32 Å². The third kappa shape index (κ3) is 1.85. The number of hydrogen-bond donors (Lipinski definition) is 1. The molecule has 1 N–H and O–H groups in total. The molecule has 1 heterocycles. The lowest BCUT2D eigenvalue weighted by Crippen LogP contribution is -2.10. The number of furan rings is 1. The van der Waals surface area contributed by atoms with Gasteiger partial charge in [-0.15, -0.1) is 0 Å². The van der Waals surface area contributed by atoms with Gasteiger partial charge in [0, 0.05) is 5.39 Å². The van der Waals surface area contributed by atoms with Gasteiger partial charge < -0.3 is 9.73 Å². The van der Waals surface area contributed by atoms with Gasteiger partial charge in [0.05, 0.1) is 6.54 Å². The summed E-state index contributed by atoms with van der Waals surface area (Å²) in [4.78, 5) is 0. The lowest BCUT2D eigenvalue weighted by atomic mass is 10.0. The van der Waals surface area contributed by atoms with E-state index in [1.54, 1.807) is 0 Å². The van der Waals surface area contributed by atoms with E-state index in [1.807, 2.05) is 0 Å². The molecule has 0 aliphatic rings. The van der Waals surface area contributed by atoms with Gasteiger partial charge >= 0.3 is 0 Å². The van der Waals surface area contributed by atoms with Gasteiger partial charge in [-0.25, -0.2) is 0 Å². The summed E-state index contributed by atoms with van der Waals surface area (Å²) < 4.78 is 5.90.